The number of nitrogens with zero attached hydrogens (tertiary/aromatic N) is 1. The monoisotopic (exact) mass is 328 g/mol. The molecule has 0 bridgehead atoms. The summed E-state index contributed by atoms with van der Waals surface area (Å²) in [6.45, 7) is 3.23. The summed E-state index contributed by atoms with van der Waals surface area (Å²) in [6, 6.07) is 13.0. The van der Waals surface area contributed by atoms with E-state index >= 15 is 0 Å². The largest absolute Gasteiger partial charge is 0.454 e. The van der Waals surface area contributed by atoms with Gasteiger partial charge in [0.25, 0.3) is 0 Å². The molecule has 2 aliphatic heterocycles. The van der Waals surface area contributed by atoms with Gasteiger partial charge in [0.15, 0.2) is 11.5 Å². The number of hydrogen-bond acceptors (Lipinski definition) is 4. The Labute approximate surface area is 141 Å². The molecular weight excluding hydrogens is 307 g/mol. The van der Waals surface area contributed by atoms with E-state index in [9.17, 15) is 4.39 Å². The second-order valence-electron chi connectivity index (χ2n) is 6.26. The number of hydrogen-bond donors (Lipinski definition) is 1. The molecule has 126 valence electrons. The predicted molar refractivity (Wildman–Crippen MR) is 91.0 cm³/mol. The van der Waals surface area contributed by atoms with Crippen LogP contribution in [0, 0.1) is 5.82 Å². The van der Waals surface area contributed by atoms with Crippen LogP contribution in [0.15, 0.2) is 42.5 Å². The second-order valence-corrected chi connectivity index (χ2v) is 6.26. The summed E-state index contributed by atoms with van der Waals surface area (Å²) in [6.07, 6.45) is 2.45. The summed E-state index contributed by atoms with van der Waals surface area (Å²) in [5.41, 5.74) is 2.15. The molecule has 1 fully saturated rings. The lowest BCUT2D eigenvalue weighted by Crippen LogP contribution is -2.31. The minimum atomic E-state index is -0.192. The Balaban J connectivity index is 1.50. The third kappa shape index (κ3) is 3.17. The average molecular weight is 328 g/mol. The van der Waals surface area contributed by atoms with E-state index in [1.54, 1.807) is 12.1 Å². The average Bonchev–Trinajstić information content (AvgIpc) is 3.27. The predicted octanol–water partition coefficient (Wildman–Crippen LogP) is 3.80. The Morgan fingerprint density at radius 3 is 2.54 bits per heavy atom. The van der Waals surface area contributed by atoms with E-state index in [0.717, 1.165) is 42.4 Å². The molecule has 4 rings (SSSR count). The van der Waals surface area contributed by atoms with E-state index in [1.165, 1.54) is 12.8 Å². The fourth-order valence-corrected chi connectivity index (χ4v) is 3.42. The number of halogens is 1. The number of rotatable bonds is 5. The molecule has 0 radical (unpaired) electrons. The zero-order valence-corrected chi connectivity index (χ0v) is 13.5. The highest BCUT2D eigenvalue weighted by atomic mass is 19.1. The van der Waals surface area contributed by atoms with Crippen molar-refractivity contribution in [3.63, 3.8) is 0 Å². The Bertz CT molecular complexity index is 699. The molecule has 2 aromatic carbocycles. The van der Waals surface area contributed by atoms with Crippen LogP contribution in [0.25, 0.3) is 0 Å². The number of fused-ring (bicyclic) bond motifs is 1. The minimum Gasteiger partial charge on any atom is -0.454 e. The van der Waals surface area contributed by atoms with Gasteiger partial charge < -0.3 is 14.8 Å². The van der Waals surface area contributed by atoms with Gasteiger partial charge >= 0.3 is 0 Å². The Hall–Kier alpha value is -2.27. The third-order valence-electron chi connectivity index (χ3n) is 4.71. The SMILES string of the molecule is Fc1ccc(C(CNc2ccc3c(c2)OCO3)N2CCCC2)cc1. The van der Waals surface area contributed by atoms with Crippen LogP contribution in [0.4, 0.5) is 10.1 Å². The number of likely N-dealkylation sites (tertiary alicyclic amines) is 1. The van der Waals surface area contributed by atoms with Crippen molar-refractivity contribution in [2.75, 3.05) is 31.7 Å². The quantitative estimate of drug-likeness (QED) is 0.905. The van der Waals surface area contributed by atoms with E-state index in [4.69, 9.17) is 9.47 Å². The van der Waals surface area contributed by atoms with Crippen LogP contribution in [-0.4, -0.2) is 31.3 Å². The van der Waals surface area contributed by atoms with Gasteiger partial charge in [-0.1, -0.05) is 12.1 Å². The first-order valence-electron chi connectivity index (χ1n) is 8.43. The maximum Gasteiger partial charge on any atom is 0.231 e. The van der Waals surface area contributed by atoms with E-state index in [2.05, 4.69) is 10.2 Å². The van der Waals surface area contributed by atoms with Crippen molar-refractivity contribution in [1.29, 1.82) is 0 Å². The smallest absolute Gasteiger partial charge is 0.231 e. The van der Waals surface area contributed by atoms with Gasteiger partial charge in [-0.15, -0.1) is 0 Å². The van der Waals surface area contributed by atoms with Crippen molar-refractivity contribution >= 4 is 5.69 Å². The van der Waals surface area contributed by atoms with E-state index in [1.807, 2.05) is 30.3 Å². The van der Waals surface area contributed by atoms with Gasteiger partial charge in [-0.2, -0.15) is 0 Å². The van der Waals surface area contributed by atoms with Crippen LogP contribution in [-0.2, 0) is 0 Å². The van der Waals surface area contributed by atoms with E-state index in [-0.39, 0.29) is 18.7 Å². The highest BCUT2D eigenvalue weighted by Gasteiger charge is 2.23. The third-order valence-corrected chi connectivity index (χ3v) is 4.71. The first-order valence-corrected chi connectivity index (χ1v) is 8.43. The molecule has 4 nitrogen and oxygen atoms in total. The van der Waals surface area contributed by atoms with Crippen LogP contribution < -0.4 is 14.8 Å². The minimum absolute atomic E-state index is 0.192. The molecule has 1 N–H and O–H groups in total. The van der Waals surface area contributed by atoms with Gasteiger partial charge in [0, 0.05) is 18.3 Å². The summed E-state index contributed by atoms with van der Waals surface area (Å²) >= 11 is 0. The molecule has 0 saturated carbocycles. The highest BCUT2D eigenvalue weighted by molar-refractivity contribution is 5.55. The highest BCUT2D eigenvalue weighted by Crippen LogP contribution is 2.34. The number of nitrogens with one attached hydrogen (secondary N) is 1. The Morgan fingerprint density at radius 1 is 1.00 bits per heavy atom. The molecule has 2 aliphatic rings. The van der Waals surface area contributed by atoms with Gasteiger partial charge in [-0.05, 0) is 55.8 Å². The summed E-state index contributed by atoms with van der Waals surface area (Å²) in [4.78, 5) is 2.47. The van der Waals surface area contributed by atoms with Gasteiger partial charge in [0.05, 0.1) is 6.04 Å². The number of benzene rings is 2. The van der Waals surface area contributed by atoms with E-state index < -0.39 is 0 Å². The standard InChI is InChI=1S/C19H21FN2O2/c20-15-5-3-14(4-6-15)17(22-9-1-2-10-22)12-21-16-7-8-18-19(11-16)24-13-23-18/h3-8,11,17,21H,1-2,9-10,12-13H2. The van der Waals surface area contributed by atoms with E-state index in [0.29, 0.717) is 0 Å². The van der Waals surface area contributed by atoms with Gasteiger partial charge in [0.2, 0.25) is 6.79 Å². The van der Waals surface area contributed by atoms with Gasteiger partial charge in [0.1, 0.15) is 5.82 Å². The van der Waals surface area contributed by atoms with Crippen LogP contribution in [0.1, 0.15) is 24.4 Å². The molecular formula is C19H21FN2O2. The normalized spacial score (nSPS) is 17.9. The number of anilines is 1. The molecule has 0 aliphatic carbocycles. The lowest BCUT2D eigenvalue weighted by molar-refractivity contribution is 0.174. The molecule has 1 saturated heterocycles. The fraction of sp³-hybridized carbons (Fsp3) is 0.368. The van der Waals surface area contributed by atoms with Crippen molar-refractivity contribution in [1.82, 2.24) is 4.90 Å². The molecule has 0 amide bonds. The Kier molecular flexibility index (Phi) is 4.26. The number of ether oxygens (including phenoxy) is 2. The first kappa shape index (κ1) is 15.3. The lowest BCUT2D eigenvalue weighted by atomic mass is 10.1. The summed E-state index contributed by atoms with van der Waals surface area (Å²) < 4.78 is 24.0. The Morgan fingerprint density at radius 2 is 1.75 bits per heavy atom. The first-order chi connectivity index (χ1) is 11.8. The molecule has 0 aromatic heterocycles. The maximum absolute atomic E-state index is 13.3. The molecule has 1 unspecified atom stereocenters. The van der Waals surface area contributed by atoms with Crippen molar-refractivity contribution in [3.05, 3.63) is 53.8 Å². The molecule has 5 heteroatoms. The van der Waals surface area contributed by atoms with Crippen LogP contribution >= 0.6 is 0 Å². The van der Waals surface area contributed by atoms with Gasteiger partial charge in [-0.3, -0.25) is 4.90 Å². The van der Waals surface area contributed by atoms with Crippen molar-refractivity contribution in [3.8, 4) is 11.5 Å². The molecule has 0 spiro atoms. The zero-order chi connectivity index (χ0) is 16.4. The van der Waals surface area contributed by atoms with Crippen molar-refractivity contribution in [2.45, 2.75) is 18.9 Å². The lowest BCUT2D eigenvalue weighted by Gasteiger charge is -2.28. The summed E-state index contributed by atoms with van der Waals surface area (Å²) in [7, 11) is 0. The fourth-order valence-electron chi connectivity index (χ4n) is 3.42. The second kappa shape index (κ2) is 6.69. The van der Waals surface area contributed by atoms with Crippen LogP contribution in [0.3, 0.4) is 0 Å². The summed E-state index contributed by atoms with van der Waals surface area (Å²) in [5, 5.41) is 3.49. The molecule has 2 aromatic rings. The molecule has 24 heavy (non-hydrogen) atoms. The zero-order valence-electron chi connectivity index (χ0n) is 13.5. The topological polar surface area (TPSA) is 33.7 Å². The molecule has 2 heterocycles. The maximum atomic E-state index is 13.3. The van der Waals surface area contributed by atoms with Gasteiger partial charge in [-0.25, -0.2) is 4.39 Å². The van der Waals surface area contributed by atoms with Crippen molar-refractivity contribution in [2.24, 2.45) is 0 Å². The van der Waals surface area contributed by atoms with Crippen LogP contribution in [0.5, 0.6) is 11.5 Å². The molecule has 1 atom stereocenters. The van der Waals surface area contributed by atoms with Crippen LogP contribution in [0.2, 0.25) is 0 Å². The summed E-state index contributed by atoms with van der Waals surface area (Å²) in [5.74, 6) is 1.37. The van der Waals surface area contributed by atoms with Crippen molar-refractivity contribution < 1.29 is 13.9 Å².